The molecule has 0 aliphatic heterocycles. The van der Waals surface area contributed by atoms with E-state index in [0.717, 1.165) is 41.9 Å². The quantitative estimate of drug-likeness (QED) is 0.347. The molecule has 1 atom stereocenters. The molecule has 0 aromatic heterocycles. The normalized spacial score (nSPS) is 14.8. The van der Waals surface area contributed by atoms with Crippen LogP contribution in [0.3, 0.4) is 0 Å². The Morgan fingerprint density at radius 3 is 2.44 bits per heavy atom. The molecule has 3 rings (SSSR count). The van der Waals surface area contributed by atoms with Crippen molar-refractivity contribution in [3.63, 3.8) is 0 Å². The van der Waals surface area contributed by atoms with E-state index >= 15 is 0 Å². The SMILES string of the molecule is CC(C(=O)NC1CCCC1)N(Cc1ccc(F)cc1)C(=O)CCCSc1ccc(Cl)cc1. The van der Waals surface area contributed by atoms with Gasteiger partial charge in [0.05, 0.1) is 0 Å². The fourth-order valence-electron chi connectivity index (χ4n) is 3.85. The number of carbonyl (C=O) groups excluding carboxylic acids is 2. The van der Waals surface area contributed by atoms with Gasteiger partial charge in [0.2, 0.25) is 11.8 Å². The van der Waals surface area contributed by atoms with Crippen molar-refractivity contribution in [1.82, 2.24) is 10.2 Å². The number of amides is 2. The molecule has 0 bridgehead atoms. The van der Waals surface area contributed by atoms with Crippen molar-refractivity contribution < 1.29 is 14.0 Å². The van der Waals surface area contributed by atoms with Crippen molar-refractivity contribution in [2.24, 2.45) is 0 Å². The Kier molecular flexibility index (Phi) is 9.42. The van der Waals surface area contributed by atoms with Crippen LogP contribution in [0, 0.1) is 5.82 Å². The molecule has 1 saturated carbocycles. The number of benzene rings is 2. The molecule has 1 aliphatic carbocycles. The molecule has 0 spiro atoms. The molecule has 1 fully saturated rings. The third kappa shape index (κ3) is 7.52. The highest BCUT2D eigenvalue weighted by Gasteiger charge is 2.28. The van der Waals surface area contributed by atoms with Crippen molar-refractivity contribution >= 4 is 35.2 Å². The topological polar surface area (TPSA) is 49.4 Å². The van der Waals surface area contributed by atoms with E-state index in [0.29, 0.717) is 17.9 Å². The summed E-state index contributed by atoms with van der Waals surface area (Å²) in [5.74, 6) is 0.279. The molecule has 2 aromatic rings. The maximum Gasteiger partial charge on any atom is 0.242 e. The molecule has 0 radical (unpaired) electrons. The van der Waals surface area contributed by atoms with Gasteiger partial charge in [-0.2, -0.15) is 0 Å². The van der Waals surface area contributed by atoms with Gasteiger partial charge in [0.1, 0.15) is 11.9 Å². The Hall–Kier alpha value is -2.05. The average molecular weight is 477 g/mol. The second-order valence-electron chi connectivity index (χ2n) is 8.22. The van der Waals surface area contributed by atoms with E-state index in [2.05, 4.69) is 5.32 Å². The minimum atomic E-state index is -0.586. The lowest BCUT2D eigenvalue weighted by Crippen LogP contribution is -2.49. The molecule has 0 saturated heterocycles. The summed E-state index contributed by atoms with van der Waals surface area (Å²) in [5, 5.41) is 3.79. The summed E-state index contributed by atoms with van der Waals surface area (Å²) < 4.78 is 13.3. The number of hydrogen-bond donors (Lipinski definition) is 1. The predicted octanol–water partition coefficient (Wildman–Crippen LogP) is 5.83. The zero-order valence-corrected chi connectivity index (χ0v) is 19.9. The molecule has 2 aromatic carbocycles. The Morgan fingerprint density at radius 2 is 1.78 bits per heavy atom. The molecule has 2 amide bonds. The van der Waals surface area contributed by atoms with Gasteiger partial charge < -0.3 is 10.2 Å². The third-order valence-corrected chi connectivity index (χ3v) is 7.10. The van der Waals surface area contributed by atoms with E-state index in [4.69, 9.17) is 11.6 Å². The minimum absolute atomic E-state index is 0.0693. The van der Waals surface area contributed by atoms with Gasteiger partial charge in [-0.15, -0.1) is 11.8 Å². The van der Waals surface area contributed by atoms with E-state index in [1.165, 1.54) is 12.1 Å². The molecule has 1 N–H and O–H groups in total. The van der Waals surface area contributed by atoms with Crippen LogP contribution in [0.2, 0.25) is 5.02 Å². The van der Waals surface area contributed by atoms with Gasteiger partial charge in [-0.3, -0.25) is 9.59 Å². The first-order valence-electron chi connectivity index (χ1n) is 11.1. The lowest BCUT2D eigenvalue weighted by molar-refractivity contribution is -0.140. The Bertz CT molecular complexity index is 886. The number of nitrogens with one attached hydrogen (secondary N) is 1. The van der Waals surface area contributed by atoms with Crippen LogP contribution >= 0.6 is 23.4 Å². The molecule has 1 unspecified atom stereocenters. The van der Waals surface area contributed by atoms with Crippen LogP contribution in [0.1, 0.15) is 51.0 Å². The largest absolute Gasteiger partial charge is 0.352 e. The first-order valence-corrected chi connectivity index (χ1v) is 12.5. The second-order valence-corrected chi connectivity index (χ2v) is 9.82. The number of thioether (sulfide) groups is 1. The highest BCUT2D eigenvalue weighted by molar-refractivity contribution is 7.99. The van der Waals surface area contributed by atoms with Crippen molar-refractivity contribution in [2.45, 2.75) is 69.0 Å². The molecular weight excluding hydrogens is 447 g/mol. The number of rotatable bonds is 10. The highest BCUT2D eigenvalue weighted by atomic mass is 35.5. The lowest BCUT2D eigenvalue weighted by atomic mass is 10.1. The standard InChI is InChI=1S/C25H30ClFN2O2S/c1-18(25(31)28-22-5-2-3-6-22)29(17-19-8-12-21(27)13-9-19)24(30)7-4-16-32-23-14-10-20(26)11-15-23/h8-15,18,22H,2-7,16-17H2,1H3,(H,28,31). The maximum atomic E-state index is 13.3. The van der Waals surface area contributed by atoms with Crippen LogP contribution in [0.5, 0.6) is 0 Å². The van der Waals surface area contributed by atoms with Gasteiger partial charge in [-0.05, 0) is 73.9 Å². The zero-order chi connectivity index (χ0) is 22.9. The Morgan fingerprint density at radius 1 is 1.12 bits per heavy atom. The smallest absolute Gasteiger partial charge is 0.242 e. The summed E-state index contributed by atoms with van der Waals surface area (Å²) >= 11 is 7.59. The van der Waals surface area contributed by atoms with Gasteiger partial charge >= 0.3 is 0 Å². The van der Waals surface area contributed by atoms with E-state index in [9.17, 15) is 14.0 Å². The van der Waals surface area contributed by atoms with Gasteiger partial charge in [0.15, 0.2) is 0 Å². The van der Waals surface area contributed by atoms with Crippen LogP contribution in [-0.4, -0.2) is 34.6 Å². The van der Waals surface area contributed by atoms with Crippen LogP contribution in [-0.2, 0) is 16.1 Å². The number of hydrogen-bond acceptors (Lipinski definition) is 3. The van der Waals surface area contributed by atoms with Gasteiger partial charge in [-0.25, -0.2) is 4.39 Å². The summed E-state index contributed by atoms with van der Waals surface area (Å²) in [7, 11) is 0. The maximum absolute atomic E-state index is 13.3. The predicted molar refractivity (Wildman–Crippen MR) is 128 cm³/mol. The molecule has 0 heterocycles. The number of halogens is 2. The summed E-state index contributed by atoms with van der Waals surface area (Å²) in [5.41, 5.74) is 0.802. The van der Waals surface area contributed by atoms with Crippen LogP contribution < -0.4 is 5.32 Å². The Balaban J connectivity index is 1.59. The van der Waals surface area contributed by atoms with E-state index in [-0.39, 0.29) is 30.2 Å². The molecule has 4 nitrogen and oxygen atoms in total. The lowest BCUT2D eigenvalue weighted by Gasteiger charge is -2.30. The fourth-order valence-corrected chi connectivity index (χ4v) is 4.83. The zero-order valence-electron chi connectivity index (χ0n) is 18.4. The van der Waals surface area contributed by atoms with E-state index in [1.807, 2.05) is 24.3 Å². The number of nitrogens with zero attached hydrogens (tertiary/aromatic N) is 1. The van der Waals surface area contributed by atoms with Crippen molar-refractivity contribution in [3.8, 4) is 0 Å². The monoisotopic (exact) mass is 476 g/mol. The van der Waals surface area contributed by atoms with E-state index in [1.54, 1.807) is 35.7 Å². The van der Waals surface area contributed by atoms with Gasteiger partial charge in [0.25, 0.3) is 0 Å². The Labute approximate surface area is 198 Å². The highest BCUT2D eigenvalue weighted by Crippen LogP contribution is 2.22. The summed E-state index contributed by atoms with van der Waals surface area (Å²) in [6.07, 6.45) is 5.29. The summed E-state index contributed by atoms with van der Waals surface area (Å²) in [6.45, 7) is 2.05. The van der Waals surface area contributed by atoms with Gasteiger partial charge in [-0.1, -0.05) is 36.6 Å². The van der Waals surface area contributed by atoms with Crippen molar-refractivity contribution in [2.75, 3.05) is 5.75 Å². The number of carbonyl (C=O) groups is 2. The molecule has 172 valence electrons. The van der Waals surface area contributed by atoms with Crippen LogP contribution in [0.4, 0.5) is 4.39 Å². The average Bonchev–Trinajstić information content (AvgIpc) is 3.30. The minimum Gasteiger partial charge on any atom is -0.352 e. The molecule has 32 heavy (non-hydrogen) atoms. The van der Waals surface area contributed by atoms with Crippen molar-refractivity contribution in [1.29, 1.82) is 0 Å². The summed E-state index contributed by atoms with van der Waals surface area (Å²) in [6, 6.07) is 13.3. The summed E-state index contributed by atoms with van der Waals surface area (Å²) in [4.78, 5) is 28.7. The first kappa shape index (κ1) is 24.6. The first-order chi connectivity index (χ1) is 15.4. The van der Waals surface area contributed by atoms with Crippen LogP contribution in [0.25, 0.3) is 0 Å². The van der Waals surface area contributed by atoms with Crippen LogP contribution in [0.15, 0.2) is 53.4 Å². The van der Waals surface area contributed by atoms with Crippen molar-refractivity contribution in [3.05, 3.63) is 64.9 Å². The molecule has 1 aliphatic rings. The fraction of sp³-hybridized carbons (Fsp3) is 0.440. The molecular formula is C25H30ClFN2O2S. The van der Waals surface area contributed by atoms with E-state index < -0.39 is 6.04 Å². The van der Waals surface area contributed by atoms with Gasteiger partial charge in [0, 0.05) is 28.9 Å². The molecule has 7 heteroatoms. The third-order valence-electron chi connectivity index (χ3n) is 5.75. The second kappa shape index (κ2) is 12.3.